The van der Waals surface area contributed by atoms with Gasteiger partial charge >= 0.3 is 5.97 Å². The number of benzene rings is 2. The highest BCUT2D eigenvalue weighted by Crippen LogP contribution is 2.24. The first-order valence-corrected chi connectivity index (χ1v) is 6.43. The van der Waals surface area contributed by atoms with Crippen molar-refractivity contribution in [1.82, 2.24) is 0 Å². The molecule has 2 aromatic rings. The van der Waals surface area contributed by atoms with Crippen LogP contribution in [0.3, 0.4) is 0 Å². The van der Waals surface area contributed by atoms with Crippen LogP contribution in [0.2, 0.25) is 0 Å². The molecular formula is C16H11NO6. The summed E-state index contributed by atoms with van der Waals surface area (Å²) in [6.45, 7) is 0. The Bertz CT molecular complexity index is 762. The van der Waals surface area contributed by atoms with Gasteiger partial charge in [0.25, 0.3) is 5.69 Å². The molecule has 0 radical (unpaired) electrons. The van der Waals surface area contributed by atoms with Crippen LogP contribution in [0.1, 0.15) is 10.4 Å². The Morgan fingerprint density at radius 1 is 0.957 bits per heavy atom. The van der Waals surface area contributed by atoms with E-state index in [0.29, 0.717) is 17.1 Å². The third kappa shape index (κ3) is 4.50. The zero-order valence-corrected chi connectivity index (χ0v) is 11.7. The second-order valence-corrected chi connectivity index (χ2v) is 4.41. The minimum absolute atomic E-state index is 0.0384. The number of hydrogen-bond donors (Lipinski definition) is 1. The monoisotopic (exact) mass is 313 g/mol. The molecule has 0 aliphatic carbocycles. The second-order valence-electron chi connectivity index (χ2n) is 4.41. The van der Waals surface area contributed by atoms with Gasteiger partial charge in [-0.25, -0.2) is 4.79 Å². The van der Waals surface area contributed by atoms with Gasteiger partial charge in [-0.15, -0.1) is 0 Å². The van der Waals surface area contributed by atoms with Crippen LogP contribution in [0.15, 0.2) is 60.7 Å². The highest BCUT2D eigenvalue weighted by Gasteiger charge is 2.06. The largest absolute Gasteiger partial charge is 0.478 e. The number of allylic oxidation sites excluding steroid dienone is 1. The van der Waals surface area contributed by atoms with Crippen molar-refractivity contribution in [3.8, 4) is 11.5 Å². The Balaban J connectivity index is 2.06. The van der Waals surface area contributed by atoms with E-state index < -0.39 is 16.7 Å². The molecule has 0 fully saturated rings. The summed E-state index contributed by atoms with van der Waals surface area (Å²) in [6, 6.07) is 11.7. The highest BCUT2D eigenvalue weighted by molar-refractivity contribution is 6.06. The van der Waals surface area contributed by atoms with Crippen LogP contribution in [-0.4, -0.2) is 21.8 Å². The number of hydrogen-bond acceptors (Lipinski definition) is 5. The summed E-state index contributed by atoms with van der Waals surface area (Å²) in [7, 11) is 0. The van der Waals surface area contributed by atoms with Crippen molar-refractivity contribution in [2.75, 3.05) is 0 Å². The maximum Gasteiger partial charge on any atom is 0.328 e. The molecule has 0 atom stereocenters. The smallest absolute Gasteiger partial charge is 0.328 e. The molecule has 0 heterocycles. The van der Waals surface area contributed by atoms with Crippen LogP contribution >= 0.6 is 0 Å². The quantitative estimate of drug-likeness (QED) is 0.380. The van der Waals surface area contributed by atoms with E-state index >= 15 is 0 Å². The fraction of sp³-hybridized carbons (Fsp3) is 0. The van der Waals surface area contributed by atoms with Crippen molar-refractivity contribution in [1.29, 1.82) is 0 Å². The molecule has 0 aromatic heterocycles. The van der Waals surface area contributed by atoms with Crippen molar-refractivity contribution >= 4 is 17.4 Å². The molecular weight excluding hydrogens is 302 g/mol. The number of ketones is 1. The van der Waals surface area contributed by atoms with E-state index in [0.717, 1.165) is 12.2 Å². The maximum atomic E-state index is 11.7. The van der Waals surface area contributed by atoms with Crippen LogP contribution in [0.4, 0.5) is 5.69 Å². The number of nitro groups is 1. The summed E-state index contributed by atoms with van der Waals surface area (Å²) in [6.07, 6.45) is 1.73. The van der Waals surface area contributed by atoms with E-state index in [4.69, 9.17) is 9.84 Å². The van der Waals surface area contributed by atoms with Crippen molar-refractivity contribution in [2.45, 2.75) is 0 Å². The Morgan fingerprint density at radius 2 is 1.48 bits per heavy atom. The SMILES string of the molecule is O=C(O)/C=C/C(=O)c1ccc(Oc2ccc([N+](=O)[O-])cc2)cc1. The van der Waals surface area contributed by atoms with E-state index in [-0.39, 0.29) is 5.69 Å². The molecule has 1 N–H and O–H groups in total. The van der Waals surface area contributed by atoms with E-state index in [2.05, 4.69) is 0 Å². The molecule has 0 spiro atoms. The molecule has 2 rings (SSSR count). The molecule has 23 heavy (non-hydrogen) atoms. The summed E-state index contributed by atoms with van der Waals surface area (Å²) < 4.78 is 5.50. The Kier molecular flexibility index (Phi) is 4.83. The number of non-ortho nitro benzene ring substituents is 1. The van der Waals surface area contributed by atoms with Crippen LogP contribution in [0.25, 0.3) is 0 Å². The number of rotatable bonds is 6. The molecule has 7 heteroatoms. The lowest BCUT2D eigenvalue weighted by molar-refractivity contribution is -0.384. The number of carbonyl (C=O) groups is 2. The van der Waals surface area contributed by atoms with Gasteiger partial charge in [0.05, 0.1) is 4.92 Å². The average Bonchev–Trinajstić information content (AvgIpc) is 2.54. The third-order valence-electron chi connectivity index (χ3n) is 2.80. The first-order valence-electron chi connectivity index (χ1n) is 6.43. The van der Waals surface area contributed by atoms with Gasteiger partial charge in [-0.05, 0) is 42.5 Å². The summed E-state index contributed by atoms with van der Waals surface area (Å²) in [5.41, 5.74) is 0.280. The molecule has 7 nitrogen and oxygen atoms in total. The summed E-state index contributed by atoms with van der Waals surface area (Å²) >= 11 is 0. The number of nitro benzene ring substituents is 1. The van der Waals surface area contributed by atoms with E-state index in [9.17, 15) is 19.7 Å². The molecule has 116 valence electrons. The first-order chi connectivity index (χ1) is 11.0. The van der Waals surface area contributed by atoms with Gasteiger partial charge in [0.1, 0.15) is 11.5 Å². The minimum Gasteiger partial charge on any atom is -0.478 e. The van der Waals surface area contributed by atoms with Gasteiger partial charge in [0, 0.05) is 23.8 Å². The van der Waals surface area contributed by atoms with Crippen molar-refractivity contribution in [2.24, 2.45) is 0 Å². The molecule has 0 saturated carbocycles. The van der Waals surface area contributed by atoms with E-state index in [1.54, 1.807) is 12.1 Å². The number of carboxylic acid groups (broad SMARTS) is 1. The first kappa shape index (κ1) is 15.9. The van der Waals surface area contributed by atoms with Crippen molar-refractivity contribution < 1.29 is 24.4 Å². The Morgan fingerprint density at radius 3 is 1.96 bits per heavy atom. The lowest BCUT2D eigenvalue weighted by Crippen LogP contribution is -1.96. The lowest BCUT2D eigenvalue weighted by atomic mass is 10.1. The second kappa shape index (κ2) is 6.99. The Hall–Kier alpha value is -3.48. The molecule has 0 bridgehead atoms. The average molecular weight is 313 g/mol. The normalized spacial score (nSPS) is 10.4. The fourth-order valence-corrected chi connectivity index (χ4v) is 1.70. The van der Waals surface area contributed by atoms with E-state index in [1.165, 1.54) is 36.4 Å². The highest BCUT2D eigenvalue weighted by atomic mass is 16.6. The summed E-state index contributed by atoms with van der Waals surface area (Å²) in [5.74, 6) is -0.774. The van der Waals surface area contributed by atoms with Gasteiger partial charge in [-0.3, -0.25) is 14.9 Å². The van der Waals surface area contributed by atoms with Gasteiger partial charge in [-0.1, -0.05) is 0 Å². The molecule has 0 amide bonds. The predicted molar refractivity (Wildman–Crippen MR) is 80.7 cm³/mol. The van der Waals surface area contributed by atoms with Gasteiger partial charge in [-0.2, -0.15) is 0 Å². The Labute approximate surface area is 130 Å². The molecule has 0 aliphatic rings. The predicted octanol–water partition coefficient (Wildman–Crippen LogP) is 3.21. The summed E-state index contributed by atoms with van der Waals surface area (Å²) in [5, 5.41) is 19.0. The molecule has 0 aliphatic heterocycles. The van der Waals surface area contributed by atoms with Crippen LogP contribution < -0.4 is 4.74 Å². The van der Waals surface area contributed by atoms with E-state index in [1.807, 2.05) is 0 Å². The zero-order chi connectivity index (χ0) is 16.8. The lowest BCUT2D eigenvalue weighted by Gasteiger charge is -2.05. The molecule has 0 saturated heterocycles. The van der Waals surface area contributed by atoms with Crippen molar-refractivity contribution in [3.05, 3.63) is 76.4 Å². The number of carbonyl (C=O) groups excluding carboxylic acids is 1. The summed E-state index contributed by atoms with van der Waals surface area (Å²) in [4.78, 5) is 32.1. The number of aliphatic carboxylic acids is 1. The molecule has 0 unspecified atom stereocenters. The topological polar surface area (TPSA) is 107 Å². The molecule has 2 aromatic carbocycles. The van der Waals surface area contributed by atoms with Gasteiger partial charge in [0.15, 0.2) is 5.78 Å². The fourth-order valence-electron chi connectivity index (χ4n) is 1.70. The third-order valence-corrected chi connectivity index (χ3v) is 2.80. The number of ether oxygens (including phenoxy) is 1. The zero-order valence-electron chi connectivity index (χ0n) is 11.7. The van der Waals surface area contributed by atoms with Crippen molar-refractivity contribution in [3.63, 3.8) is 0 Å². The van der Waals surface area contributed by atoms with Gasteiger partial charge in [0.2, 0.25) is 0 Å². The maximum absolute atomic E-state index is 11.7. The number of carboxylic acids is 1. The standard InChI is InChI=1S/C16H11NO6/c18-15(9-10-16(19)20)11-1-5-13(6-2-11)23-14-7-3-12(4-8-14)17(21)22/h1-10H,(H,19,20)/b10-9+. The van der Waals surface area contributed by atoms with Crippen LogP contribution in [0, 0.1) is 10.1 Å². The van der Waals surface area contributed by atoms with Crippen LogP contribution in [0.5, 0.6) is 11.5 Å². The van der Waals surface area contributed by atoms with Crippen LogP contribution in [-0.2, 0) is 4.79 Å². The number of nitrogens with zero attached hydrogens (tertiary/aromatic N) is 1. The minimum atomic E-state index is -1.20. The van der Waals surface area contributed by atoms with Gasteiger partial charge < -0.3 is 9.84 Å².